The predicted octanol–water partition coefficient (Wildman–Crippen LogP) is 6.36. The molecule has 0 fully saturated rings. The molecule has 0 saturated carbocycles. The van der Waals surface area contributed by atoms with E-state index in [1.807, 2.05) is 39.0 Å². The summed E-state index contributed by atoms with van der Waals surface area (Å²) >= 11 is 8.69. The average molecular weight is 437 g/mol. The maximum Gasteiger partial charge on any atom is 0.311 e. The lowest BCUT2D eigenvalue weighted by molar-refractivity contribution is -0.153. The third-order valence-electron chi connectivity index (χ3n) is 3.83. The van der Waals surface area contributed by atoms with E-state index in [4.69, 9.17) is 16.3 Å². The van der Waals surface area contributed by atoms with Gasteiger partial charge < -0.3 is 4.74 Å². The number of unbranched alkanes of at least 4 members (excludes halogenated alkanes) is 2. The normalized spacial score (nSPS) is 13.0. The highest BCUT2D eigenvalue weighted by atomic mass is 127. The molecule has 0 aliphatic carbocycles. The molecule has 124 valence electrons. The Hall–Kier alpha value is -0.290. The van der Waals surface area contributed by atoms with Crippen molar-refractivity contribution in [3.63, 3.8) is 0 Å². The summed E-state index contributed by atoms with van der Waals surface area (Å²) in [5.74, 6) is -0.0853. The number of alkyl halides is 1. The zero-order valence-electron chi connectivity index (χ0n) is 13.7. The van der Waals surface area contributed by atoms with Crippen LogP contribution in [0.4, 0.5) is 0 Å². The molecule has 22 heavy (non-hydrogen) atoms. The Balaban J connectivity index is 2.28. The minimum Gasteiger partial charge on any atom is -0.466 e. The highest BCUT2D eigenvalue weighted by Crippen LogP contribution is 2.34. The predicted molar refractivity (Wildman–Crippen MR) is 102 cm³/mol. The van der Waals surface area contributed by atoms with E-state index in [-0.39, 0.29) is 11.4 Å². The molecule has 0 bridgehead atoms. The zero-order chi connectivity index (χ0) is 16.6. The molecule has 2 nitrogen and oxygen atoms in total. The number of esters is 1. The molecule has 4 heteroatoms. The highest BCUT2D eigenvalue weighted by molar-refractivity contribution is 14.1. The SMILES string of the molecule is CCOC(=O)C(C)(C)CCCCC[C@H](I)c1ccccc1Cl. The standard InChI is InChI=1S/C18H26ClIO2/c1-4-22-17(21)18(2,3)13-9-5-6-12-16(20)14-10-7-8-11-15(14)19/h7-8,10-11,16H,4-6,9,12-13H2,1-3H3/t16-/m0/s1. The lowest BCUT2D eigenvalue weighted by atomic mass is 9.87. The van der Waals surface area contributed by atoms with Gasteiger partial charge in [0.1, 0.15) is 0 Å². The molecule has 1 aromatic carbocycles. The smallest absolute Gasteiger partial charge is 0.311 e. The van der Waals surface area contributed by atoms with Crippen molar-refractivity contribution in [3.8, 4) is 0 Å². The second-order valence-corrected chi connectivity index (χ2v) is 8.10. The van der Waals surface area contributed by atoms with Crippen LogP contribution in [-0.2, 0) is 9.53 Å². The summed E-state index contributed by atoms with van der Waals surface area (Å²) < 4.78 is 5.57. The molecule has 0 radical (unpaired) electrons. The molecule has 0 spiro atoms. The van der Waals surface area contributed by atoms with Gasteiger partial charge in [-0.15, -0.1) is 0 Å². The van der Waals surface area contributed by atoms with E-state index in [1.165, 1.54) is 5.56 Å². The minimum atomic E-state index is -0.373. The molecule has 0 unspecified atom stereocenters. The Kier molecular flexibility index (Phi) is 8.77. The Morgan fingerprint density at radius 1 is 1.27 bits per heavy atom. The molecule has 1 atom stereocenters. The van der Waals surface area contributed by atoms with Crippen LogP contribution in [0.25, 0.3) is 0 Å². The van der Waals surface area contributed by atoms with Gasteiger partial charge in [0.25, 0.3) is 0 Å². The fraction of sp³-hybridized carbons (Fsp3) is 0.611. The number of ether oxygens (including phenoxy) is 1. The highest BCUT2D eigenvalue weighted by Gasteiger charge is 2.28. The van der Waals surface area contributed by atoms with Crippen molar-refractivity contribution in [1.82, 2.24) is 0 Å². The van der Waals surface area contributed by atoms with Crippen LogP contribution in [0.5, 0.6) is 0 Å². The average Bonchev–Trinajstić information content (AvgIpc) is 2.47. The minimum absolute atomic E-state index is 0.0853. The molecular formula is C18H26ClIO2. The molecule has 0 aromatic heterocycles. The van der Waals surface area contributed by atoms with Crippen molar-refractivity contribution in [2.24, 2.45) is 5.41 Å². The number of rotatable bonds is 9. The van der Waals surface area contributed by atoms with Gasteiger partial charge in [0.15, 0.2) is 0 Å². The van der Waals surface area contributed by atoms with Crippen LogP contribution in [-0.4, -0.2) is 12.6 Å². The molecule has 1 rings (SSSR count). The second kappa shape index (κ2) is 9.76. The van der Waals surface area contributed by atoms with Crippen LogP contribution >= 0.6 is 34.2 Å². The summed E-state index contributed by atoms with van der Waals surface area (Å²) in [5, 5.41) is 0.852. The zero-order valence-corrected chi connectivity index (χ0v) is 16.6. The number of benzene rings is 1. The molecule has 0 heterocycles. The van der Waals surface area contributed by atoms with Crippen molar-refractivity contribution in [3.05, 3.63) is 34.9 Å². The van der Waals surface area contributed by atoms with Gasteiger partial charge in [0.05, 0.1) is 12.0 Å². The fourth-order valence-electron chi connectivity index (χ4n) is 2.38. The monoisotopic (exact) mass is 436 g/mol. The summed E-state index contributed by atoms with van der Waals surface area (Å²) in [7, 11) is 0. The first kappa shape index (κ1) is 19.8. The van der Waals surface area contributed by atoms with E-state index in [0.717, 1.165) is 37.1 Å². The van der Waals surface area contributed by atoms with Crippen molar-refractivity contribution >= 4 is 40.2 Å². The summed E-state index contributed by atoms with van der Waals surface area (Å²) in [6.07, 6.45) is 5.33. The number of carbonyl (C=O) groups is 1. The topological polar surface area (TPSA) is 26.3 Å². The first-order chi connectivity index (χ1) is 10.4. The van der Waals surface area contributed by atoms with E-state index in [1.54, 1.807) is 0 Å². The quantitative estimate of drug-likeness (QED) is 0.195. The molecule has 0 aliphatic rings. The van der Waals surface area contributed by atoms with Crippen LogP contribution in [0, 0.1) is 5.41 Å². The van der Waals surface area contributed by atoms with E-state index in [0.29, 0.717) is 10.5 Å². The lowest BCUT2D eigenvalue weighted by Crippen LogP contribution is -2.26. The molecular weight excluding hydrogens is 411 g/mol. The van der Waals surface area contributed by atoms with Gasteiger partial charge in [-0.25, -0.2) is 0 Å². The molecule has 0 amide bonds. The van der Waals surface area contributed by atoms with Crippen molar-refractivity contribution in [1.29, 1.82) is 0 Å². The van der Waals surface area contributed by atoms with E-state index in [9.17, 15) is 4.79 Å². The number of hydrogen-bond donors (Lipinski definition) is 0. The summed E-state index contributed by atoms with van der Waals surface area (Å²) in [5.41, 5.74) is 0.847. The summed E-state index contributed by atoms with van der Waals surface area (Å²) in [6.45, 7) is 6.24. The Morgan fingerprint density at radius 2 is 1.95 bits per heavy atom. The summed E-state index contributed by atoms with van der Waals surface area (Å²) in [4.78, 5) is 11.8. The van der Waals surface area contributed by atoms with Gasteiger partial charge >= 0.3 is 5.97 Å². The van der Waals surface area contributed by atoms with Crippen LogP contribution < -0.4 is 0 Å². The van der Waals surface area contributed by atoms with E-state index < -0.39 is 0 Å². The van der Waals surface area contributed by atoms with E-state index >= 15 is 0 Å². The van der Waals surface area contributed by atoms with Crippen molar-refractivity contribution in [2.45, 2.75) is 56.8 Å². The molecule has 0 aliphatic heterocycles. The van der Waals surface area contributed by atoms with Gasteiger partial charge in [-0.05, 0) is 45.2 Å². The number of halogens is 2. The van der Waals surface area contributed by atoms with Crippen LogP contribution in [0.15, 0.2) is 24.3 Å². The van der Waals surface area contributed by atoms with Crippen LogP contribution in [0.3, 0.4) is 0 Å². The van der Waals surface area contributed by atoms with Gasteiger partial charge in [-0.3, -0.25) is 4.79 Å². The third-order valence-corrected chi connectivity index (χ3v) is 5.47. The van der Waals surface area contributed by atoms with Crippen LogP contribution in [0.1, 0.15) is 62.4 Å². The van der Waals surface area contributed by atoms with Crippen molar-refractivity contribution < 1.29 is 9.53 Å². The first-order valence-corrected chi connectivity index (χ1v) is 9.56. The molecule has 0 N–H and O–H groups in total. The van der Waals surface area contributed by atoms with Gasteiger partial charge in [-0.2, -0.15) is 0 Å². The Morgan fingerprint density at radius 3 is 2.59 bits per heavy atom. The summed E-state index contributed by atoms with van der Waals surface area (Å²) in [6, 6.07) is 8.05. The lowest BCUT2D eigenvalue weighted by Gasteiger charge is -2.22. The third kappa shape index (κ3) is 6.45. The molecule has 1 aromatic rings. The maximum absolute atomic E-state index is 11.8. The van der Waals surface area contributed by atoms with Gasteiger partial charge in [0, 0.05) is 8.95 Å². The second-order valence-electron chi connectivity index (χ2n) is 6.19. The fourth-order valence-corrected chi connectivity index (χ4v) is 3.82. The number of carbonyl (C=O) groups excluding carboxylic acids is 1. The molecule has 0 saturated heterocycles. The Bertz CT molecular complexity index is 474. The van der Waals surface area contributed by atoms with E-state index in [2.05, 4.69) is 28.7 Å². The van der Waals surface area contributed by atoms with Crippen molar-refractivity contribution in [2.75, 3.05) is 6.61 Å². The van der Waals surface area contributed by atoms with Gasteiger partial charge in [0.2, 0.25) is 0 Å². The van der Waals surface area contributed by atoms with Gasteiger partial charge in [-0.1, -0.05) is 71.7 Å². The largest absolute Gasteiger partial charge is 0.466 e. The van der Waals surface area contributed by atoms with Crippen LogP contribution in [0.2, 0.25) is 5.02 Å². The maximum atomic E-state index is 11.8. The first-order valence-electron chi connectivity index (χ1n) is 7.94. The Labute approximate surface area is 153 Å². The number of hydrogen-bond acceptors (Lipinski definition) is 2.